The number of carbonyl (C=O) groups excluding carboxylic acids is 1. The van der Waals surface area contributed by atoms with Crippen molar-refractivity contribution in [3.05, 3.63) is 35.9 Å². The van der Waals surface area contributed by atoms with E-state index in [9.17, 15) is 4.79 Å². The predicted octanol–water partition coefficient (Wildman–Crippen LogP) is 1.21. The number of carbonyl (C=O) groups is 1. The average molecular weight is 176 g/mol. The summed E-state index contributed by atoms with van der Waals surface area (Å²) in [5.74, 6) is 0.466. The van der Waals surface area contributed by atoms with Crippen LogP contribution < -0.4 is 11.1 Å². The fourth-order valence-corrected chi connectivity index (χ4v) is 1.61. The normalized spacial score (nSPS) is 25.2. The van der Waals surface area contributed by atoms with Crippen molar-refractivity contribution >= 4 is 6.03 Å². The number of urea groups is 1. The maximum absolute atomic E-state index is 10.5. The summed E-state index contributed by atoms with van der Waals surface area (Å²) in [5.41, 5.74) is 6.30. The molecule has 0 unspecified atom stereocenters. The van der Waals surface area contributed by atoms with E-state index in [1.165, 1.54) is 5.56 Å². The van der Waals surface area contributed by atoms with Crippen LogP contribution in [0.2, 0.25) is 0 Å². The summed E-state index contributed by atoms with van der Waals surface area (Å²) < 4.78 is 0. The second kappa shape index (κ2) is 3.09. The topological polar surface area (TPSA) is 55.1 Å². The molecule has 0 aromatic heterocycles. The molecule has 3 nitrogen and oxygen atoms in total. The molecule has 3 heteroatoms. The Morgan fingerprint density at radius 2 is 2.08 bits per heavy atom. The van der Waals surface area contributed by atoms with Crippen molar-refractivity contribution in [2.24, 2.45) is 5.73 Å². The molecule has 2 amide bonds. The predicted molar refractivity (Wildman–Crippen MR) is 50.3 cm³/mol. The first-order chi connectivity index (χ1) is 6.27. The summed E-state index contributed by atoms with van der Waals surface area (Å²) >= 11 is 0. The molecule has 1 aliphatic rings. The highest BCUT2D eigenvalue weighted by Crippen LogP contribution is 2.40. The van der Waals surface area contributed by atoms with Gasteiger partial charge in [-0.1, -0.05) is 30.3 Å². The molecule has 0 radical (unpaired) electrons. The van der Waals surface area contributed by atoms with E-state index in [-0.39, 0.29) is 6.04 Å². The smallest absolute Gasteiger partial charge is 0.312 e. The SMILES string of the molecule is NC(=O)N[C@@H]1C[C@H]1c1ccccc1. The van der Waals surface area contributed by atoms with Gasteiger partial charge in [-0.05, 0) is 12.0 Å². The number of amides is 2. The molecule has 1 fully saturated rings. The molecule has 1 aliphatic carbocycles. The molecule has 68 valence electrons. The van der Waals surface area contributed by atoms with Crippen molar-refractivity contribution in [1.29, 1.82) is 0 Å². The van der Waals surface area contributed by atoms with Gasteiger partial charge in [-0.3, -0.25) is 0 Å². The minimum atomic E-state index is -0.427. The molecule has 3 N–H and O–H groups in total. The summed E-state index contributed by atoms with van der Waals surface area (Å²) in [7, 11) is 0. The largest absolute Gasteiger partial charge is 0.352 e. The van der Waals surface area contributed by atoms with Gasteiger partial charge in [0.05, 0.1) is 0 Å². The highest BCUT2D eigenvalue weighted by atomic mass is 16.2. The summed E-state index contributed by atoms with van der Waals surface area (Å²) in [4.78, 5) is 10.5. The van der Waals surface area contributed by atoms with Gasteiger partial charge in [0, 0.05) is 12.0 Å². The minimum absolute atomic E-state index is 0.250. The van der Waals surface area contributed by atoms with Crippen LogP contribution in [0.3, 0.4) is 0 Å². The quantitative estimate of drug-likeness (QED) is 0.699. The van der Waals surface area contributed by atoms with Crippen molar-refractivity contribution in [3.8, 4) is 0 Å². The van der Waals surface area contributed by atoms with Crippen molar-refractivity contribution < 1.29 is 4.79 Å². The Kier molecular flexibility index (Phi) is 1.93. The molecule has 2 atom stereocenters. The Morgan fingerprint density at radius 1 is 1.38 bits per heavy atom. The van der Waals surface area contributed by atoms with Crippen LogP contribution >= 0.6 is 0 Å². The second-order valence-corrected chi connectivity index (χ2v) is 3.37. The van der Waals surface area contributed by atoms with E-state index < -0.39 is 6.03 Å². The van der Waals surface area contributed by atoms with Crippen LogP contribution in [0.5, 0.6) is 0 Å². The lowest BCUT2D eigenvalue weighted by molar-refractivity contribution is 0.248. The molecule has 0 heterocycles. The van der Waals surface area contributed by atoms with Crippen LogP contribution in [0.25, 0.3) is 0 Å². The van der Waals surface area contributed by atoms with Crippen LogP contribution in [0.15, 0.2) is 30.3 Å². The van der Waals surface area contributed by atoms with Gasteiger partial charge < -0.3 is 11.1 Å². The van der Waals surface area contributed by atoms with Gasteiger partial charge in [0.1, 0.15) is 0 Å². The number of nitrogens with one attached hydrogen (secondary N) is 1. The van der Waals surface area contributed by atoms with Crippen molar-refractivity contribution in [3.63, 3.8) is 0 Å². The standard InChI is InChI=1S/C10H12N2O/c11-10(13)12-9-6-8(9)7-4-2-1-3-5-7/h1-5,8-9H,6H2,(H3,11,12,13)/t8-,9+/m0/s1. The van der Waals surface area contributed by atoms with Crippen molar-refractivity contribution in [2.75, 3.05) is 0 Å². The van der Waals surface area contributed by atoms with Crippen LogP contribution in [-0.2, 0) is 0 Å². The fraction of sp³-hybridized carbons (Fsp3) is 0.300. The third-order valence-corrected chi connectivity index (χ3v) is 2.35. The molecule has 1 aromatic rings. The van der Waals surface area contributed by atoms with Gasteiger partial charge in [-0.2, -0.15) is 0 Å². The van der Waals surface area contributed by atoms with E-state index in [1.54, 1.807) is 0 Å². The zero-order chi connectivity index (χ0) is 9.26. The van der Waals surface area contributed by atoms with Gasteiger partial charge in [-0.15, -0.1) is 0 Å². The maximum Gasteiger partial charge on any atom is 0.312 e. The molecular formula is C10H12N2O. The highest BCUT2D eigenvalue weighted by Gasteiger charge is 2.38. The zero-order valence-electron chi connectivity index (χ0n) is 7.23. The van der Waals surface area contributed by atoms with E-state index in [0.29, 0.717) is 5.92 Å². The number of benzene rings is 1. The second-order valence-electron chi connectivity index (χ2n) is 3.37. The first-order valence-electron chi connectivity index (χ1n) is 4.38. The van der Waals surface area contributed by atoms with Crippen LogP contribution in [0.4, 0.5) is 4.79 Å². The maximum atomic E-state index is 10.5. The summed E-state index contributed by atoms with van der Waals surface area (Å²) in [5, 5.41) is 2.70. The number of hydrogen-bond donors (Lipinski definition) is 2. The van der Waals surface area contributed by atoms with Gasteiger partial charge in [0.15, 0.2) is 0 Å². The molecule has 1 saturated carbocycles. The Morgan fingerprint density at radius 3 is 2.69 bits per heavy atom. The minimum Gasteiger partial charge on any atom is -0.352 e. The van der Waals surface area contributed by atoms with Gasteiger partial charge in [0.2, 0.25) is 0 Å². The molecule has 0 aliphatic heterocycles. The monoisotopic (exact) mass is 176 g/mol. The number of hydrogen-bond acceptors (Lipinski definition) is 1. The van der Waals surface area contributed by atoms with Crippen molar-refractivity contribution in [1.82, 2.24) is 5.32 Å². The Bertz CT molecular complexity index is 310. The van der Waals surface area contributed by atoms with E-state index >= 15 is 0 Å². The van der Waals surface area contributed by atoms with Crippen molar-refractivity contribution in [2.45, 2.75) is 18.4 Å². The Balaban J connectivity index is 1.97. The number of nitrogens with two attached hydrogens (primary N) is 1. The molecule has 0 bridgehead atoms. The molecule has 0 spiro atoms. The van der Waals surface area contributed by atoms with Crippen LogP contribution in [0.1, 0.15) is 17.9 Å². The summed E-state index contributed by atoms with van der Waals surface area (Å²) in [6.07, 6.45) is 1.01. The van der Waals surface area contributed by atoms with E-state index in [0.717, 1.165) is 6.42 Å². The first-order valence-corrected chi connectivity index (χ1v) is 4.38. The molecular weight excluding hydrogens is 164 g/mol. The van der Waals surface area contributed by atoms with Crippen LogP contribution in [-0.4, -0.2) is 12.1 Å². The zero-order valence-corrected chi connectivity index (χ0v) is 7.23. The molecule has 13 heavy (non-hydrogen) atoms. The lowest BCUT2D eigenvalue weighted by Gasteiger charge is -2.00. The van der Waals surface area contributed by atoms with Crippen LogP contribution in [0, 0.1) is 0 Å². The number of primary amides is 1. The lowest BCUT2D eigenvalue weighted by Crippen LogP contribution is -2.31. The molecule has 1 aromatic carbocycles. The highest BCUT2D eigenvalue weighted by molar-refractivity contribution is 5.72. The average Bonchev–Trinajstić information content (AvgIpc) is 2.84. The third-order valence-electron chi connectivity index (χ3n) is 2.35. The summed E-state index contributed by atoms with van der Waals surface area (Å²) in [6, 6.07) is 9.98. The first kappa shape index (κ1) is 8.10. The summed E-state index contributed by atoms with van der Waals surface area (Å²) in [6.45, 7) is 0. The fourth-order valence-electron chi connectivity index (χ4n) is 1.61. The Labute approximate surface area is 76.9 Å². The third kappa shape index (κ3) is 1.80. The number of rotatable bonds is 2. The van der Waals surface area contributed by atoms with Gasteiger partial charge in [-0.25, -0.2) is 4.79 Å². The van der Waals surface area contributed by atoms with Gasteiger partial charge >= 0.3 is 6.03 Å². The van der Waals surface area contributed by atoms with Gasteiger partial charge in [0.25, 0.3) is 0 Å². The molecule has 0 saturated heterocycles. The molecule has 2 rings (SSSR count). The lowest BCUT2D eigenvalue weighted by atomic mass is 10.1. The van der Waals surface area contributed by atoms with E-state index in [4.69, 9.17) is 5.73 Å². The Hall–Kier alpha value is -1.51. The van der Waals surface area contributed by atoms with E-state index in [2.05, 4.69) is 17.4 Å². The van der Waals surface area contributed by atoms with E-state index in [1.807, 2.05) is 18.2 Å².